The molecule has 0 saturated heterocycles. The van der Waals surface area contributed by atoms with Crippen molar-refractivity contribution in [3.8, 4) is 33.4 Å². The zero-order valence-electron chi connectivity index (χ0n) is 30.6. The SMILES string of the molecule is C=Cc1sc2c(-c3cc(-c4cccc5c(CCC)c(C=C)sc45)cc(-c4cccc5c4sc4ccccc45)c3)cccc2c1/C=C\C.CC.CC. The van der Waals surface area contributed by atoms with Crippen molar-refractivity contribution in [3.63, 3.8) is 0 Å². The van der Waals surface area contributed by atoms with Crippen molar-refractivity contribution in [2.75, 3.05) is 0 Å². The van der Waals surface area contributed by atoms with Gasteiger partial charge in [0.15, 0.2) is 0 Å². The van der Waals surface area contributed by atoms with Gasteiger partial charge in [0, 0.05) is 44.7 Å². The van der Waals surface area contributed by atoms with Crippen molar-refractivity contribution < 1.29 is 0 Å². The molecule has 3 heteroatoms. The molecule has 3 aromatic heterocycles. The summed E-state index contributed by atoms with van der Waals surface area (Å²) in [6.45, 7) is 20.7. The summed E-state index contributed by atoms with van der Waals surface area (Å²) in [6, 6.07) is 36.4. The number of fused-ring (bicyclic) bond motifs is 5. The van der Waals surface area contributed by atoms with Crippen LogP contribution in [0.5, 0.6) is 0 Å². The molecule has 0 fully saturated rings. The van der Waals surface area contributed by atoms with Crippen molar-refractivity contribution >= 4 is 92.6 Å². The summed E-state index contributed by atoms with van der Waals surface area (Å²) < 4.78 is 5.30. The molecule has 0 nitrogen and oxygen atoms in total. The Balaban J connectivity index is 0.00000108. The Morgan fingerprint density at radius 1 is 0.549 bits per heavy atom. The molecule has 0 N–H and O–H groups in total. The molecule has 8 aromatic rings. The predicted molar refractivity (Wildman–Crippen MR) is 238 cm³/mol. The minimum atomic E-state index is 1.06. The summed E-state index contributed by atoms with van der Waals surface area (Å²) in [5.74, 6) is 0. The Hall–Kier alpha value is -4.54. The van der Waals surface area contributed by atoms with Gasteiger partial charge < -0.3 is 0 Å². The zero-order valence-corrected chi connectivity index (χ0v) is 33.0. The average Bonchev–Trinajstić information content (AvgIpc) is 3.87. The number of hydrogen-bond donors (Lipinski definition) is 0. The van der Waals surface area contributed by atoms with Crippen molar-refractivity contribution in [3.05, 3.63) is 137 Å². The molecule has 0 aliphatic rings. The van der Waals surface area contributed by atoms with Crippen LogP contribution in [-0.2, 0) is 6.42 Å². The van der Waals surface area contributed by atoms with Crippen LogP contribution >= 0.6 is 34.0 Å². The summed E-state index contributed by atoms with van der Waals surface area (Å²) in [7, 11) is 0. The number of benzene rings is 5. The fraction of sp³-hybridized carbons (Fsp3) is 0.167. The van der Waals surface area contributed by atoms with E-state index in [4.69, 9.17) is 0 Å². The molecular formula is C48H46S3. The zero-order chi connectivity index (χ0) is 36.1. The maximum atomic E-state index is 4.19. The van der Waals surface area contributed by atoms with E-state index in [2.05, 4.69) is 136 Å². The van der Waals surface area contributed by atoms with E-state index < -0.39 is 0 Å². The van der Waals surface area contributed by atoms with Gasteiger partial charge in [-0.1, -0.05) is 151 Å². The third-order valence-corrected chi connectivity index (χ3v) is 12.9. The van der Waals surface area contributed by atoms with Gasteiger partial charge in [0.25, 0.3) is 0 Å². The van der Waals surface area contributed by atoms with Crippen molar-refractivity contribution in [2.45, 2.75) is 54.4 Å². The van der Waals surface area contributed by atoms with Gasteiger partial charge in [-0.05, 0) is 87.5 Å². The Bertz CT molecular complexity index is 2530. The molecule has 5 aromatic carbocycles. The molecular weight excluding hydrogens is 673 g/mol. The van der Waals surface area contributed by atoms with Crippen LogP contribution in [-0.4, -0.2) is 0 Å². The second-order valence-corrected chi connectivity index (χ2v) is 15.1. The van der Waals surface area contributed by atoms with E-state index in [0.717, 1.165) is 12.8 Å². The molecule has 0 atom stereocenters. The van der Waals surface area contributed by atoms with Gasteiger partial charge in [0.05, 0.1) is 0 Å². The lowest BCUT2D eigenvalue weighted by Crippen LogP contribution is -1.88. The van der Waals surface area contributed by atoms with Crippen molar-refractivity contribution in [1.82, 2.24) is 0 Å². The van der Waals surface area contributed by atoms with E-state index in [-0.39, 0.29) is 0 Å². The average molecular weight is 719 g/mol. The lowest BCUT2D eigenvalue weighted by molar-refractivity contribution is 0.931. The summed E-state index contributed by atoms with van der Waals surface area (Å²) in [5, 5.41) is 5.28. The first kappa shape index (κ1) is 36.3. The second kappa shape index (κ2) is 16.2. The smallest absolute Gasteiger partial charge is 0.0433 e. The first-order chi connectivity index (χ1) is 25.1. The second-order valence-electron chi connectivity index (χ2n) is 11.9. The molecule has 8 rings (SSSR count). The topological polar surface area (TPSA) is 0 Å². The van der Waals surface area contributed by atoms with Crippen LogP contribution in [0.15, 0.2) is 116 Å². The van der Waals surface area contributed by atoms with Crippen LogP contribution in [0, 0.1) is 0 Å². The van der Waals surface area contributed by atoms with Crippen LogP contribution in [0.2, 0.25) is 0 Å². The first-order valence-electron chi connectivity index (χ1n) is 18.2. The lowest BCUT2D eigenvalue weighted by atomic mass is 9.91. The molecule has 51 heavy (non-hydrogen) atoms. The standard InChI is InChI=1S/C44H34S3.2C2H6/c1-5-14-33-36-20-11-17-30(42(36)45-39(33)7-3)27-24-28(31-18-12-21-37-34(15-6-2)40(8-4)46-43(31)37)26-29(25-27)32-19-13-22-38-35-16-9-10-23-41(35)47-44(32)38;2*1-2/h5,7-14,16-26H,3-4,6,15H2,1-2H3;2*1-2H3/b14-5-;;. The predicted octanol–water partition coefficient (Wildman–Crippen LogP) is 16.8. The Morgan fingerprint density at radius 2 is 1.04 bits per heavy atom. The van der Waals surface area contributed by atoms with E-state index >= 15 is 0 Å². The highest BCUT2D eigenvalue weighted by Gasteiger charge is 2.19. The van der Waals surface area contributed by atoms with Gasteiger partial charge in [-0.15, -0.1) is 34.0 Å². The quantitative estimate of drug-likeness (QED) is 0.147. The van der Waals surface area contributed by atoms with Gasteiger partial charge in [0.2, 0.25) is 0 Å². The maximum Gasteiger partial charge on any atom is 0.0433 e. The van der Waals surface area contributed by atoms with E-state index in [1.807, 2.05) is 73.9 Å². The number of rotatable bonds is 8. The van der Waals surface area contributed by atoms with Crippen LogP contribution in [0.4, 0.5) is 0 Å². The fourth-order valence-corrected chi connectivity index (χ4v) is 10.7. The van der Waals surface area contributed by atoms with Crippen molar-refractivity contribution in [1.29, 1.82) is 0 Å². The number of aryl methyl sites for hydroxylation is 1. The van der Waals surface area contributed by atoms with Gasteiger partial charge in [-0.3, -0.25) is 0 Å². The molecule has 0 amide bonds. The molecule has 0 aliphatic carbocycles. The summed E-state index contributed by atoms with van der Waals surface area (Å²) in [6.07, 6.45) is 10.5. The Morgan fingerprint density at radius 3 is 1.61 bits per heavy atom. The fourth-order valence-electron chi connectivity index (χ4n) is 7.03. The molecule has 0 unspecified atom stereocenters. The molecule has 0 saturated carbocycles. The molecule has 0 spiro atoms. The van der Waals surface area contributed by atoms with Gasteiger partial charge in [-0.2, -0.15) is 0 Å². The van der Waals surface area contributed by atoms with E-state index in [0.29, 0.717) is 0 Å². The number of allylic oxidation sites excluding steroid dienone is 1. The highest BCUT2D eigenvalue weighted by atomic mass is 32.1. The molecule has 256 valence electrons. The lowest BCUT2D eigenvalue weighted by Gasteiger charge is -2.13. The third kappa shape index (κ3) is 6.55. The van der Waals surface area contributed by atoms with E-state index in [1.54, 1.807) is 0 Å². The highest BCUT2D eigenvalue weighted by Crippen LogP contribution is 2.46. The summed E-state index contributed by atoms with van der Waals surface area (Å²) >= 11 is 5.61. The maximum absolute atomic E-state index is 4.19. The van der Waals surface area contributed by atoms with Crippen LogP contribution in [0.1, 0.15) is 68.8 Å². The van der Waals surface area contributed by atoms with Crippen molar-refractivity contribution in [2.24, 2.45) is 0 Å². The Kier molecular flexibility index (Phi) is 11.5. The summed E-state index contributed by atoms with van der Waals surface area (Å²) in [4.78, 5) is 2.50. The molecule has 0 radical (unpaired) electrons. The third-order valence-electron chi connectivity index (χ3n) is 9.11. The summed E-state index contributed by atoms with van der Waals surface area (Å²) in [5.41, 5.74) is 10.2. The van der Waals surface area contributed by atoms with Gasteiger partial charge in [0.1, 0.15) is 0 Å². The minimum Gasteiger partial charge on any atom is -0.135 e. The largest absolute Gasteiger partial charge is 0.135 e. The first-order valence-corrected chi connectivity index (χ1v) is 20.6. The van der Waals surface area contributed by atoms with E-state index in [9.17, 15) is 0 Å². The highest BCUT2D eigenvalue weighted by molar-refractivity contribution is 7.26. The number of thiophene rings is 3. The molecule has 0 aliphatic heterocycles. The molecule has 3 heterocycles. The van der Waals surface area contributed by atoms with E-state index in [1.165, 1.54) is 94.6 Å². The molecule has 0 bridgehead atoms. The van der Waals surface area contributed by atoms with Gasteiger partial charge >= 0.3 is 0 Å². The van der Waals surface area contributed by atoms with Crippen LogP contribution < -0.4 is 0 Å². The Labute approximate surface area is 315 Å². The number of hydrogen-bond acceptors (Lipinski definition) is 3. The van der Waals surface area contributed by atoms with Gasteiger partial charge in [-0.25, -0.2) is 0 Å². The monoisotopic (exact) mass is 718 g/mol. The normalized spacial score (nSPS) is 11.2. The minimum absolute atomic E-state index is 1.06. The van der Waals surface area contributed by atoms with Crippen LogP contribution in [0.25, 0.3) is 92.0 Å². The van der Waals surface area contributed by atoms with Crippen LogP contribution in [0.3, 0.4) is 0 Å².